The van der Waals surface area contributed by atoms with Crippen molar-refractivity contribution in [3.63, 3.8) is 0 Å². The summed E-state index contributed by atoms with van der Waals surface area (Å²) in [7, 11) is 0. The first-order valence-corrected chi connectivity index (χ1v) is 28.1. The Morgan fingerprint density at radius 2 is 0.727 bits per heavy atom. The Bertz CT molecular complexity index is 1220. The molecule has 0 aliphatic rings. The first-order chi connectivity index (χ1) is 32.6. The molecule has 0 radical (unpaired) electrons. The predicted octanol–water partition coefficient (Wildman–Crippen LogP) is 19.2. The molecule has 0 heterocycles. The van der Waals surface area contributed by atoms with Gasteiger partial charge in [0.2, 0.25) is 0 Å². The van der Waals surface area contributed by atoms with Crippen molar-refractivity contribution >= 4 is 11.9 Å². The zero-order chi connectivity index (χ0) is 47.7. The highest BCUT2D eigenvalue weighted by Gasteiger charge is 2.17. The van der Waals surface area contributed by atoms with Gasteiger partial charge in [-0.15, -0.1) is 0 Å². The molecule has 1 unspecified atom stereocenters. The lowest BCUT2D eigenvalue weighted by atomic mass is 10.0. The van der Waals surface area contributed by atoms with E-state index >= 15 is 0 Å². The van der Waals surface area contributed by atoms with Gasteiger partial charge < -0.3 is 14.2 Å². The Balaban J connectivity index is 4.35. The SMILES string of the molecule is CC/C=C\C/C=C\C/C=C\C/C=C\C/C=C\CC(=O)OCC(COCCCCCCCCCCCCCCCCCCCCCC)OC(=O)CCCCCCC/C=C\C/C=C\CCCCC. The summed E-state index contributed by atoms with van der Waals surface area (Å²) in [6.07, 6.45) is 74.9. The lowest BCUT2D eigenvalue weighted by Gasteiger charge is -2.18. The van der Waals surface area contributed by atoms with Crippen LogP contribution in [0.2, 0.25) is 0 Å². The zero-order valence-corrected chi connectivity index (χ0v) is 43.7. The molecule has 0 saturated carbocycles. The Morgan fingerprint density at radius 3 is 1.20 bits per heavy atom. The highest BCUT2D eigenvalue weighted by atomic mass is 16.6. The maximum Gasteiger partial charge on any atom is 0.309 e. The fraction of sp³-hybridized carbons (Fsp3) is 0.738. The molecule has 0 fully saturated rings. The van der Waals surface area contributed by atoms with Gasteiger partial charge in [-0.1, -0.05) is 260 Å². The highest BCUT2D eigenvalue weighted by molar-refractivity contribution is 5.71. The molecule has 0 amide bonds. The van der Waals surface area contributed by atoms with Gasteiger partial charge in [0.1, 0.15) is 6.61 Å². The number of hydrogen-bond donors (Lipinski definition) is 0. The highest BCUT2D eigenvalue weighted by Crippen LogP contribution is 2.16. The van der Waals surface area contributed by atoms with Crippen molar-refractivity contribution in [3.05, 3.63) is 85.1 Å². The molecule has 0 aromatic carbocycles. The zero-order valence-electron chi connectivity index (χ0n) is 43.7. The van der Waals surface area contributed by atoms with Crippen LogP contribution in [0.5, 0.6) is 0 Å². The van der Waals surface area contributed by atoms with E-state index in [1.54, 1.807) is 0 Å². The summed E-state index contributed by atoms with van der Waals surface area (Å²) in [6, 6.07) is 0. The minimum absolute atomic E-state index is 0.0245. The van der Waals surface area contributed by atoms with Crippen molar-refractivity contribution in [2.24, 2.45) is 0 Å². The normalized spacial score (nSPS) is 12.8. The molecule has 0 aromatic heterocycles. The van der Waals surface area contributed by atoms with Gasteiger partial charge in [-0.3, -0.25) is 9.59 Å². The van der Waals surface area contributed by atoms with E-state index in [4.69, 9.17) is 14.2 Å². The molecular weight excluding hydrogens is 813 g/mol. The summed E-state index contributed by atoms with van der Waals surface area (Å²) in [5, 5.41) is 0. The van der Waals surface area contributed by atoms with Crippen LogP contribution in [0.25, 0.3) is 0 Å². The van der Waals surface area contributed by atoms with Gasteiger partial charge in [0, 0.05) is 13.0 Å². The summed E-state index contributed by atoms with van der Waals surface area (Å²) in [6.45, 7) is 7.60. The molecule has 0 N–H and O–H groups in total. The monoisotopic (exact) mass is 919 g/mol. The van der Waals surface area contributed by atoms with Crippen LogP contribution in [0.3, 0.4) is 0 Å². The van der Waals surface area contributed by atoms with E-state index in [1.807, 2.05) is 12.2 Å². The second kappa shape index (κ2) is 56.4. The molecule has 1 atom stereocenters. The number of ether oxygens (including phenoxy) is 3. The van der Waals surface area contributed by atoms with Crippen LogP contribution in [0, 0.1) is 0 Å². The number of rotatable bonds is 51. The molecule has 0 bridgehead atoms. The predicted molar refractivity (Wildman–Crippen MR) is 288 cm³/mol. The molecule has 5 heteroatoms. The minimum atomic E-state index is -0.585. The average molecular weight is 920 g/mol. The maximum atomic E-state index is 12.8. The van der Waals surface area contributed by atoms with Crippen molar-refractivity contribution in [3.8, 4) is 0 Å². The lowest BCUT2D eigenvalue weighted by Crippen LogP contribution is -2.30. The summed E-state index contributed by atoms with van der Waals surface area (Å²) in [5.74, 6) is -0.554. The molecule has 0 aliphatic carbocycles. The van der Waals surface area contributed by atoms with Crippen molar-refractivity contribution in [2.45, 2.75) is 271 Å². The van der Waals surface area contributed by atoms with Crippen LogP contribution in [-0.4, -0.2) is 37.9 Å². The smallest absolute Gasteiger partial charge is 0.309 e. The first kappa shape index (κ1) is 63.1. The summed E-state index contributed by atoms with van der Waals surface area (Å²) < 4.78 is 17.3. The number of carbonyl (C=O) groups is 2. The third-order valence-corrected chi connectivity index (χ3v) is 11.9. The standard InChI is InChI=1S/C61H106O5/c1-4-7-10-13-16-19-22-25-28-29-30-31-32-35-38-41-44-47-50-53-56-64-57-59(66-61(63)55-52-49-46-43-40-37-34-27-24-21-18-15-12-9-6-3)58-65-60(62)54-51-48-45-42-39-36-33-26-23-20-17-14-11-8-5-2/h8,11,17-18,20-21,26-27,33-34,39,42,48,51,59H,4-7,9-10,12-16,19,22-25,28-32,35-38,40-41,43-47,49-50,52-58H2,1-3H3/b11-8-,20-17-,21-18-,33-26-,34-27-,42-39-,51-48-. The van der Waals surface area contributed by atoms with Gasteiger partial charge >= 0.3 is 11.9 Å². The van der Waals surface area contributed by atoms with Crippen LogP contribution >= 0.6 is 0 Å². The molecule has 0 rings (SSSR count). The van der Waals surface area contributed by atoms with Gasteiger partial charge in [-0.25, -0.2) is 0 Å². The van der Waals surface area contributed by atoms with Gasteiger partial charge in [-0.05, 0) is 77.0 Å². The van der Waals surface area contributed by atoms with Crippen molar-refractivity contribution in [2.75, 3.05) is 19.8 Å². The van der Waals surface area contributed by atoms with Crippen molar-refractivity contribution in [1.82, 2.24) is 0 Å². The fourth-order valence-electron chi connectivity index (χ4n) is 7.79. The Labute approximate surface area is 409 Å². The number of hydrogen-bond acceptors (Lipinski definition) is 5. The van der Waals surface area contributed by atoms with Gasteiger partial charge in [0.15, 0.2) is 6.10 Å². The largest absolute Gasteiger partial charge is 0.461 e. The average Bonchev–Trinajstić information content (AvgIpc) is 3.32. The third kappa shape index (κ3) is 53.7. The molecule has 5 nitrogen and oxygen atoms in total. The summed E-state index contributed by atoms with van der Waals surface area (Å²) in [5.41, 5.74) is 0. The van der Waals surface area contributed by atoms with Crippen molar-refractivity contribution < 1.29 is 23.8 Å². The Morgan fingerprint density at radius 1 is 0.364 bits per heavy atom. The van der Waals surface area contributed by atoms with Crippen LogP contribution in [0.15, 0.2) is 85.1 Å². The number of carbonyl (C=O) groups excluding carboxylic acids is 2. The molecule has 380 valence electrons. The maximum absolute atomic E-state index is 12.8. The van der Waals surface area contributed by atoms with Gasteiger partial charge in [-0.2, -0.15) is 0 Å². The fourth-order valence-corrected chi connectivity index (χ4v) is 7.79. The van der Waals surface area contributed by atoms with Gasteiger partial charge in [0.05, 0.1) is 13.0 Å². The molecule has 0 aromatic rings. The van der Waals surface area contributed by atoms with E-state index in [-0.39, 0.29) is 31.6 Å². The second-order valence-electron chi connectivity index (χ2n) is 18.5. The molecular formula is C61H106O5. The van der Waals surface area contributed by atoms with Crippen LogP contribution < -0.4 is 0 Å². The van der Waals surface area contributed by atoms with E-state index < -0.39 is 6.10 Å². The molecule has 0 saturated heterocycles. The first-order valence-electron chi connectivity index (χ1n) is 28.1. The van der Waals surface area contributed by atoms with E-state index in [9.17, 15) is 9.59 Å². The quantitative estimate of drug-likeness (QED) is 0.0346. The summed E-state index contributed by atoms with van der Waals surface area (Å²) in [4.78, 5) is 25.4. The second-order valence-corrected chi connectivity index (χ2v) is 18.5. The lowest BCUT2D eigenvalue weighted by molar-refractivity contribution is -0.162. The van der Waals surface area contributed by atoms with E-state index in [0.29, 0.717) is 13.0 Å². The van der Waals surface area contributed by atoms with E-state index in [0.717, 1.165) is 77.0 Å². The summed E-state index contributed by atoms with van der Waals surface area (Å²) >= 11 is 0. The molecule has 66 heavy (non-hydrogen) atoms. The van der Waals surface area contributed by atoms with E-state index in [2.05, 4.69) is 93.7 Å². The van der Waals surface area contributed by atoms with Crippen LogP contribution in [0.1, 0.15) is 265 Å². The van der Waals surface area contributed by atoms with Crippen LogP contribution in [0.4, 0.5) is 0 Å². The number of esters is 2. The van der Waals surface area contributed by atoms with Gasteiger partial charge in [0.25, 0.3) is 0 Å². The minimum Gasteiger partial charge on any atom is -0.461 e. The number of unbranched alkanes of at least 4 members (excludes halogenated alkanes) is 27. The molecule has 0 spiro atoms. The van der Waals surface area contributed by atoms with Crippen molar-refractivity contribution in [1.29, 1.82) is 0 Å². The Kier molecular flexibility index (Phi) is 53.9. The topological polar surface area (TPSA) is 61.8 Å². The van der Waals surface area contributed by atoms with E-state index in [1.165, 1.54) is 154 Å². The third-order valence-electron chi connectivity index (χ3n) is 11.9. The Hall–Kier alpha value is -2.92. The number of allylic oxidation sites excluding steroid dienone is 13. The van der Waals surface area contributed by atoms with Crippen LogP contribution in [-0.2, 0) is 23.8 Å². The molecule has 0 aliphatic heterocycles.